The van der Waals surface area contributed by atoms with Gasteiger partial charge in [-0.1, -0.05) is 31.3 Å². The Morgan fingerprint density at radius 3 is 2.64 bits per heavy atom. The molecule has 0 fully saturated rings. The molecule has 0 atom stereocenters. The van der Waals surface area contributed by atoms with Crippen LogP contribution in [0.2, 0.25) is 0 Å². The second kappa shape index (κ2) is 8.59. The van der Waals surface area contributed by atoms with Gasteiger partial charge in [0.2, 0.25) is 15.9 Å². The van der Waals surface area contributed by atoms with E-state index in [1.165, 1.54) is 27.8 Å². The molecule has 0 unspecified atom stereocenters. The van der Waals surface area contributed by atoms with Crippen LogP contribution in [0.1, 0.15) is 37.3 Å². The Bertz CT molecular complexity index is 1020. The summed E-state index contributed by atoms with van der Waals surface area (Å²) < 4.78 is 28.2. The van der Waals surface area contributed by atoms with E-state index in [1.54, 1.807) is 30.5 Å². The number of sulfonamides is 1. The maximum absolute atomic E-state index is 12.7. The number of benzene rings is 1. The van der Waals surface area contributed by atoms with E-state index < -0.39 is 10.0 Å². The van der Waals surface area contributed by atoms with Crippen molar-refractivity contribution >= 4 is 33.0 Å². The summed E-state index contributed by atoms with van der Waals surface area (Å²) in [5, 5.41) is 2.72. The Hall–Kier alpha value is -1.97. The summed E-state index contributed by atoms with van der Waals surface area (Å²) >= 11 is 1.22. The molecule has 0 spiro atoms. The zero-order valence-corrected chi connectivity index (χ0v) is 17.7. The number of thiazole rings is 1. The van der Waals surface area contributed by atoms with Crippen molar-refractivity contribution in [1.29, 1.82) is 0 Å². The Balaban J connectivity index is 1.77. The first-order chi connectivity index (χ1) is 13.4. The number of nitrogens with one attached hydrogen (secondary N) is 1. The third kappa shape index (κ3) is 4.21. The molecule has 3 rings (SSSR count). The number of hydrogen-bond donors (Lipinski definition) is 1. The van der Waals surface area contributed by atoms with Crippen molar-refractivity contribution in [1.82, 2.24) is 8.87 Å². The van der Waals surface area contributed by atoms with Gasteiger partial charge in [0, 0.05) is 29.3 Å². The number of rotatable bonds is 7. The van der Waals surface area contributed by atoms with Gasteiger partial charge in [0.15, 0.2) is 0 Å². The lowest BCUT2D eigenvalue weighted by Crippen LogP contribution is -2.30. The molecule has 2 aromatic rings. The number of anilines is 1. The van der Waals surface area contributed by atoms with Crippen LogP contribution in [0.25, 0.3) is 0 Å². The van der Waals surface area contributed by atoms with E-state index in [-0.39, 0.29) is 22.2 Å². The highest BCUT2D eigenvalue weighted by Crippen LogP contribution is 2.24. The fourth-order valence-corrected chi connectivity index (χ4v) is 6.06. The van der Waals surface area contributed by atoms with Crippen LogP contribution in [0.5, 0.6) is 0 Å². The van der Waals surface area contributed by atoms with Crippen molar-refractivity contribution in [2.75, 3.05) is 18.4 Å². The molecular formula is C19H25N3O4S2. The van der Waals surface area contributed by atoms with Crippen molar-refractivity contribution in [3.63, 3.8) is 0 Å². The van der Waals surface area contributed by atoms with Gasteiger partial charge >= 0.3 is 4.87 Å². The second-order valence-corrected chi connectivity index (χ2v) is 9.68. The van der Waals surface area contributed by atoms with Crippen molar-refractivity contribution in [2.24, 2.45) is 0 Å². The van der Waals surface area contributed by atoms with Crippen LogP contribution in [0, 0.1) is 0 Å². The first kappa shape index (κ1) is 20.8. The van der Waals surface area contributed by atoms with Crippen LogP contribution in [0.3, 0.4) is 0 Å². The number of aromatic nitrogens is 1. The second-order valence-electron chi connectivity index (χ2n) is 6.70. The molecule has 1 aliphatic rings. The van der Waals surface area contributed by atoms with Crippen molar-refractivity contribution in [2.45, 2.75) is 51.0 Å². The zero-order valence-electron chi connectivity index (χ0n) is 16.1. The third-order valence-corrected chi connectivity index (χ3v) is 8.04. The maximum Gasteiger partial charge on any atom is 0.308 e. The van der Waals surface area contributed by atoms with Gasteiger partial charge < -0.3 is 5.32 Å². The van der Waals surface area contributed by atoms with E-state index in [1.807, 2.05) is 0 Å². The lowest BCUT2D eigenvalue weighted by Gasteiger charge is -2.19. The average Bonchev–Trinajstić information content (AvgIpc) is 2.98. The van der Waals surface area contributed by atoms with E-state index in [2.05, 4.69) is 5.32 Å². The number of carbonyl (C=O) groups is 1. The molecule has 7 nitrogen and oxygen atoms in total. The fraction of sp³-hybridized carbons (Fsp3) is 0.474. The molecule has 0 aliphatic heterocycles. The Kier molecular flexibility index (Phi) is 6.36. The molecule has 0 saturated carbocycles. The molecule has 1 N–H and O–H groups in total. The molecule has 1 aromatic carbocycles. The lowest BCUT2D eigenvalue weighted by molar-refractivity contribution is -0.116. The van der Waals surface area contributed by atoms with Crippen LogP contribution >= 0.6 is 11.3 Å². The summed E-state index contributed by atoms with van der Waals surface area (Å²) in [7, 11) is -3.60. The van der Waals surface area contributed by atoms with E-state index in [0.29, 0.717) is 18.8 Å². The van der Waals surface area contributed by atoms with Gasteiger partial charge in [0.05, 0.1) is 4.90 Å². The predicted molar refractivity (Wildman–Crippen MR) is 110 cm³/mol. The van der Waals surface area contributed by atoms with Gasteiger partial charge in [-0.2, -0.15) is 4.31 Å². The number of aryl methyl sites for hydroxylation is 1. The van der Waals surface area contributed by atoms with E-state index in [0.717, 1.165) is 36.3 Å². The maximum atomic E-state index is 12.7. The minimum atomic E-state index is -3.60. The molecular weight excluding hydrogens is 398 g/mol. The Labute approximate surface area is 169 Å². The summed E-state index contributed by atoms with van der Waals surface area (Å²) in [5.74, 6) is -0.342. The molecule has 152 valence electrons. The number of carbonyl (C=O) groups excluding carboxylic acids is 1. The molecule has 1 amide bonds. The topological polar surface area (TPSA) is 88.5 Å². The lowest BCUT2D eigenvalue weighted by atomic mass is 10.0. The monoisotopic (exact) mass is 423 g/mol. The molecule has 9 heteroatoms. The summed E-state index contributed by atoms with van der Waals surface area (Å²) in [6, 6.07) is 6.22. The normalized spacial score (nSPS) is 14.1. The number of hydrogen-bond acceptors (Lipinski definition) is 5. The molecule has 1 aliphatic carbocycles. The third-order valence-electron chi connectivity index (χ3n) is 4.91. The van der Waals surface area contributed by atoms with Gasteiger partial charge in [-0.15, -0.1) is 0 Å². The number of amides is 1. The molecule has 0 saturated heterocycles. The highest BCUT2D eigenvalue weighted by Gasteiger charge is 2.22. The molecule has 0 radical (unpaired) electrons. The van der Waals surface area contributed by atoms with Crippen molar-refractivity contribution in [3.8, 4) is 0 Å². The highest BCUT2D eigenvalue weighted by atomic mass is 32.2. The van der Waals surface area contributed by atoms with Gasteiger partial charge in [0.25, 0.3) is 0 Å². The fourth-order valence-electron chi connectivity index (χ4n) is 3.48. The van der Waals surface area contributed by atoms with Crippen molar-refractivity contribution in [3.05, 3.63) is 44.5 Å². The standard InChI is InChI=1S/C19H25N3O4S2/c1-3-21(4-2)28(25,26)15-9-7-8-14(12-15)20-18(23)13-22-16-10-5-6-11-17(16)27-19(22)24/h7-9,12H,3-6,10-11,13H2,1-2H3,(H,20,23). The molecule has 28 heavy (non-hydrogen) atoms. The van der Waals surface area contributed by atoms with Crippen LogP contribution < -0.4 is 10.2 Å². The minimum Gasteiger partial charge on any atom is -0.324 e. The minimum absolute atomic E-state index is 0.0578. The van der Waals surface area contributed by atoms with Gasteiger partial charge in [0.1, 0.15) is 6.54 Å². The first-order valence-corrected chi connectivity index (χ1v) is 11.7. The summed E-state index contributed by atoms with van der Waals surface area (Å²) in [6.45, 7) is 4.26. The van der Waals surface area contributed by atoms with Gasteiger partial charge in [-0.25, -0.2) is 8.42 Å². The smallest absolute Gasteiger partial charge is 0.308 e. The summed E-state index contributed by atoms with van der Waals surface area (Å²) in [5.41, 5.74) is 1.37. The molecule has 1 heterocycles. The van der Waals surface area contributed by atoms with Gasteiger partial charge in [-0.05, 0) is 43.9 Å². The molecule has 1 aromatic heterocycles. The van der Waals surface area contributed by atoms with Gasteiger partial charge in [-0.3, -0.25) is 14.2 Å². The largest absolute Gasteiger partial charge is 0.324 e. The first-order valence-electron chi connectivity index (χ1n) is 9.48. The Morgan fingerprint density at radius 2 is 1.93 bits per heavy atom. The van der Waals surface area contributed by atoms with Crippen molar-refractivity contribution < 1.29 is 13.2 Å². The quantitative estimate of drug-likeness (QED) is 0.741. The van der Waals surface area contributed by atoms with Crippen LogP contribution in [0.15, 0.2) is 34.0 Å². The highest BCUT2D eigenvalue weighted by molar-refractivity contribution is 7.89. The van der Waals surface area contributed by atoms with E-state index >= 15 is 0 Å². The Morgan fingerprint density at radius 1 is 1.21 bits per heavy atom. The van der Waals surface area contributed by atoms with Crippen LogP contribution in [-0.4, -0.2) is 36.3 Å². The van der Waals surface area contributed by atoms with E-state index in [4.69, 9.17) is 0 Å². The van der Waals surface area contributed by atoms with E-state index in [9.17, 15) is 18.0 Å². The average molecular weight is 424 g/mol. The predicted octanol–water partition coefficient (Wildman–Crippen LogP) is 2.46. The number of fused-ring (bicyclic) bond motifs is 1. The number of nitrogens with zero attached hydrogens (tertiary/aromatic N) is 2. The zero-order chi connectivity index (χ0) is 20.3. The van der Waals surface area contributed by atoms with Crippen LogP contribution in [-0.2, 0) is 34.2 Å². The summed E-state index contributed by atoms with van der Waals surface area (Å²) in [4.78, 5) is 25.8. The summed E-state index contributed by atoms with van der Waals surface area (Å²) in [6.07, 6.45) is 3.82. The molecule has 0 bridgehead atoms. The SMILES string of the molecule is CCN(CC)S(=O)(=O)c1cccc(NC(=O)Cn2c3c(sc2=O)CCCC3)c1. The van der Waals surface area contributed by atoms with Crippen LogP contribution in [0.4, 0.5) is 5.69 Å².